The molecule has 0 bridgehead atoms. The van der Waals surface area contributed by atoms with E-state index in [-0.39, 0.29) is 5.56 Å². The molecule has 0 aromatic carbocycles. The molecule has 0 atom stereocenters. The Morgan fingerprint density at radius 1 is 1.11 bits per heavy atom. The van der Waals surface area contributed by atoms with E-state index in [0.29, 0.717) is 19.2 Å². The zero-order valence-electron chi connectivity index (χ0n) is 16.0. The van der Waals surface area contributed by atoms with E-state index in [4.69, 9.17) is 14.1 Å². The normalized spacial score (nSPS) is 18.3. The van der Waals surface area contributed by atoms with Crippen molar-refractivity contribution in [1.29, 1.82) is 0 Å². The van der Waals surface area contributed by atoms with Gasteiger partial charge in [0.1, 0.15) is 11.5 Å². The van der Waals surface area contributed by atoms with Crippen molar-refractivity contribution in [1.82, 2.24) is 14.9 Å². The number of furan rings is 1. The van der Waals surface area contributed by atoms with Crippen LogP contribution in [0.15, 0.2) is 21.3 Å². The van der Waals surface area contributed by atoms with Crippen molar-refractivity contribution in [3.63, 3.8) is 0 Å². The molecule has 0 aliphatic carbocycles. The van der Waals surface area contributed by atoms with Crippen LogP contribution < -0.4 is 10.5 Å². The van der Waals surface area contributed by atoms with Gasteiger partial charge in [0.15, 0.2) is 0 Å². The molecule has 0 spiro atoms. The summed E-state index contributed by atoms with van der Waals surface area (Å²) < 4.78 is 11.3. The van der Waals surface area contributed by atoms with Crippen LogP contribution in [0.25, 0.3) is 0 Å². The van der Waals surface area contributed by atoms with Crippen LogP contribution in [0.1, 0.15) is 36.1 Å². The zero-order chi connectivity index (χ0) is 18.6. The monoisotopic (exact) mass is 372 g/mol. The number of aromatic amines is 1. The van der Waals surface area contributed by atoms with Crippen LogP contribution in [0, 0.1) is 0 Å². The Labute approximate surface area is 159 Å². The fourth-order valence-corrected chi connectivity index (χ4v) is 3.83. The number of ether oxygens (including phenoxy) is 1. The fourth-order valence-electron chi connectivity index (χ4n) is 3.83. The highest BCUT2D eigenvalue weighted by atomic mass is 16.5. The minimum absolute atomic E-state index is 0.00609. The summed E-state index contributed by atoms with van der Waals surface area (Å²) in [6.07, 6.45) is 3.59. The van der Waals surface area contributed by atoms with Crippen LogP contribution in [0.3, 0.4) is 0 Å². The summed E-state index contributed by atoms with van der Waals surface area (Å²) in [7, 11) is 0. The van der Waals surface area contributed by atoms with Crippen molar-refractivity contribution in [2.45, 2.75) is 39.2 Å². The van der Waals surface area contributed by atoms with Crippen LogP contribution in [-0.2, 0) is 30.5 Å². The Morgan fingerprint density at radius 3 is 2.70 bits per heavy atom. The first-order valence-corrected chi connectivity index (χ1v) is 9.97. The highest BCUT2D eigenvalue weighted by Crippen LogP contribution is 2.18. The van der Waals surface area contributed by atoms with Crippen LogP contribution >= 0.6 is 0 Å². The Morgan fingerprint density at radius 2 is 1.89 bits per heavy atom. The highest BCUT2D eigenvalue weighted by molar-refractivity contribution is 5.34. The van der Waals surface area contributed by atoms with Crippen LogP contribution in [-0.4, -0.2) is 54.3 Å². The third kappa shape index (κ3) is 4.25. The zero-order valence-corrected chi connectivity index (χ0v) is 16.0. The van der Waals surface area contributed by atoms with Gasteiger partial charge in [0.25, 0.3) is 5.56 Å². The number of H-pyrrole nitrogens is 1. The predicted molar refractivity (Wildman–Crippen MR) is 103 cm³/mol. The molecule has 7 nitrogen and oxygen atoms in total. The van der Waals surface area contributed by atoms with Crippen LogP contribution in [0.2, 0.25) is 0 Å². The van der Waals surface area contributed by atoms with E-state index in [1.165, 1.54) is 0 Å². The van der Waals surface area contributed by atoms with Crippen molar-refractivity contribution in [2.75, 3.05) is 44.3 Å². The summed E-state index contributed by atoms with van der Waals surface area (Å²) in [5.41, 5.74) is 1.78. The van der Waals surface area contributed by atoms with Gasteiger partial charge in [-0.15, -0.1) is 0 Å². The molecule has 4 heterocycles. The number of anilines is 1. The van der Waals surface area contributed by atoms with Crippen molar-refractivity contribution in [2.24, 2.45) is 0 Å². The summed E-state index contributed by atoms with van der Waals surface area (Å²) in [6, 6.07) is 4.15. The molecular weight excluding hydrogens is 344 g/mol. The molecule has 7 heteroatoms. The number of morpholine rings is 1. The SMILES string of the molecule is CCCc1ccc(CN2CCc3nc(N4CCOCC4)[nH]c(=O)c3CC2)o1. The Hall–Kier alpha value is -2.12. The lowest BCUT2D eigenvalue weighted by Crippen LogP contribution is -2.38. The molecule has 0 amide bonds. The summed E-state index contributed by atoms with van der Waals surface area (Å²) in [6.45, 7) is 7.57. The van der Waals surface area contributed by atoms with E-state index in [2.05, 4.69) is 33.8 Å². The second-order valence-corrected chi connectivity index (χ2v) is 7.31. The number of rotatable bonds is 5. The number of aryl methyl sites for hydroxylation is 1. The third-order valence-corrected chi connectivity index (χ3v) is 5.34. The van der Waals surface area contributed by atoms with Gasteiger partial charge in [-0.3, -0.25) is 14.7 Å². The van der Waals surface area contributed by atoms with Gasteiger partial charge >= 0.3 is 0 Å². The number of fused-ring (bicyclic) bond motifs is 1. The first-order chi connectivity index (χ1) is 13.2. The number of hydrogen-bond acceptors (Lipinski definition) is 6. The van der Waals surface area contributed by atoms with Gasteiger partial charge < -0.3 is 14.1 Å². The molecule has 0 unspecified atom stereocenters. The molecule has 2 aromatic heterocycles. The molecule has 0 radical (unpaired) electrons. The first kappa shape index (κ1) is 18.3. The van der Waals surface area contributed by atoms with Gasteiger partial charge in [-0.25, -0.2) is 4.98 Å². The summed E-state index contributed by atoms with van der Waals surface area (Å²) in [5.74, 6) is 2.74. The maximum atomic E-state index is 12.6. The number of nitrogens with zero attached hydrogens (tertiary/aromatic N) is 3. The minimum atomic E-state index is 0.00609. The van der Waals surface area contributed by atoms with Crippen molar-refractivity contribution >= 4 is 5.95 Å². The lowest BCUT2D eigenvalue weighted by molar-refractivity contribution is 0.122. The van der Waals surface area contributed by atoms with Gasteiger partial charge in [-0.05, 0) is 25.0 Å². The van der Waals surface area contributed by atoms with Gasteiger partial charge in [-0.2, -0.15) is 0 Å². The van der Waals surface area contributed by atoms with E-state index >= 15 is 0 Å². The second-order valence-electron chi connectivity index (χ2n) is 7.31. The molecule has 1 fully saturated rings. The first-order valence-electron chi connectivity index (χ1n) is 9.97. The van der Waals surface area contributed by atoms with Gasteiger partial charge in [0.2, 0.25) is 5.95 Å². The smallest absolute Gasteiger partial charge is 0.255 e. The quantitative estimate of drug-likeness (QED) is 0.862. The molecule has 0 saturated carbocycles. The van der Waals surface area contributed by atoms with E-state index in [0.717, 1.165) is 81.2 Å². The van der Waals surface area contributed by atoms with E-state index in [9.17, 15) is 4.79 Å². The van der Waals surface area contributed by atoms with Gasteiger partial charge in [0.05, 0.1) is 25.5 Å². The molecule has 4 rings (SSSR count). The van der Waals surface area contributed by atoms with Crippen LogP contribution in [0.5, 0.6) is 0 Å². The molecule has 146 valence electrons. The lowest BCUT2D eigenvalue weighted by Gasteiger charge is -2.27. The minimum Gasteiger partial charge on any atom is -0.465 e. The second kappa shape index (κ2) is 8.27. The number of aromatic nitrogens is 2. The standard InChI is InChI=1S/C20H28N4O3/c1-2-3-15-4-5-16(27-15)14-23-8-6-17-18(7-9-23)21-20(22-19(17)25)24-10-12-26-13-11-24/h4-5H,2-3,6-14H2,1H3,(H,21,22,25). The predicted octanol–water partition coefficient (Wildman–Crippen LogP) is 1.75. The average molecular weight is 372 g/mol. The summed E-state index contributed by atoms with van der Waals surface area (Å²) in [5, 5.41) is 0. The summed E-state index contributed by atoms with van der Waals surface area (Å²) in [4.78, 5) is 24.9. The Kier molecular flexibility index (Phi) is 5.59. The average Bonchev–Trinajstić information content (AvgIpc) is 3.01. The molecule has 1 N–H and O–H groups in total. The Balaban J connectivity index is 1.45. The molecular formula is C20H28N4O3. The molecule has 2 aliphatic heterocycles. The molecule has 2 aliphatic rings. The molecule has 1 saturated heterocycles. The largest absolute Gasteiger partial charge is 0.465 e. The lowest BCUT2D eigenvalue weighted by atomic mass is 10.1. The van der Waals surface area contributed by atoms with E-state index in [1.807, 2.05) is 0 Å². The molecule has 2 aromatic rings. The van der Waals surface area contributed by atoms with Gasteiger partial charge in [-0.1, -0.05) is 6.92 Å². The van der Waals surface area contributed by atoms with Gasteiger partial charge in [0, 0.05) is 44.6 Å². The maximum absolute atomic E-state index is 12.6. The highest BCUT2D eigenvalue weighted by Gasteiger charge is 2.22. The topological polar surface area (TPSA) is 74.6 Å². The Bertz CT molecular complexity index is 823. The summed E-state index contributed by atoms with van der Waals surface area (Å²) >= 11 is 0. The van der Waals surface area contributed by atoms with Crippen molar-refractivity contribution < 1.29 is 9.15 Å². The fraction of sp³-hybridized carbons (Fsp3) is 0.600. The van der Waals surface area contributed by atoms with Crippen LogP contribution in [0.4, 0.5) is 5.95 Å². The number of nitrogens with one attached hydrogen (secondary N) is 1. The van der Waals surface area contributed by atoms with Crippen molar-refractivity contribution in [3.05, 3.63) is 45.3 Å². The van der Waals surface area contributed by atoms with E-state index < -0.39 is 0 Å². The van der Waals surface area contributed by atoms with E-state index in [1.54, 1.807) is 0 Å². The van der Waals surface area contributed by atoms with Crippen molar-refractivity contribution in [3.8, 4) is 0 Å². The maximum Gasteiger partial charge on any atom is 0.255 e. The third-order valence-electron chi connectivity index (χ3n) is 5.34. The number of hydrogen-bond donors (Lipinski definition) is 1. The molecule has 27 heavy (non-hydrogen) atoms.